The van der Waals surface area contributed by atoms with Gasteiger partial charge in [0.05, 0.1) is 20.3 Å². The van der Waals surface area contributed by atoms with Gasteiger partial charge in [-0.15, -0.1) is 0 Å². The van der Waals surface area contributed by atoms with Crippen molar-refractivity contribution >= 4 is 10.0 Å². The van der Waals surface area contributed by atoms with E-state index in [0.29, 0.717) is 18.1 Å². The van der Waals surface area contributed by atoms with Crippen LogP contribution in [-0.4, -0.2) is 41.9 Å². The molecule has 1 heterocycles. The van der Waals surface area contributed by atoms with E-state index in [2.05, 4.69) is 4.72 Å². The first kappa shape index (κ1) is 16.1. The number of methoxy groups -OCH3 is 2. The average Bonchev–Trinajstić information content (AvgIpc) is 2.98. The molecule has 1 N–H and O–H groups in total. The Kier molecular flexibility index (Phi) is 5.08. The third-order valence-electron chi connectivity index (χ3n) is 3.50. The molecule has 1 aromatic carbocycles. The van der Waals surface area contributed by atoms with Gasteiger partial charge in [0.1, 0.15) is 16.4 Å². The summed E-state index contributed by atoms with van der Waals surface area (Å²) in [4.78, 5) is 0.0745. The first-order valence-electron chi connectivity index (χ1n) is 6.82. The standard InChI is InChI=1S/C14H21NO5S/c1-10-7-13(19-3)14(8-12(10)18-2)21(16,17)15-9-11-5-4-6-20-11/h7-8,11,15H,4-6,9H2,1-3H3. The summed E-state index contributed by atoms with van der Waals surface area (Å²) in [5.74, 6) is 0.807. The van der Waals surface area contributed by atoms with E-state index in [1.807, 2.05) is 6.92 Å². The highest BCUT2D eigenvalue weighted by Gasteiger charge is 2.24. The molecule has 0 aromatic heterocycles. The van der Waals surface area contributed by atoms with Crippen LogP contribution in [0, 0.1) is 6.92 Å². The van der Waals surface area contributed by atoms with Crippen LogP contribution in [-0.2, 0) is 14.8 Å². The molecular weight excluding hydrogens is 294 g/mol. The van der Waals surface area contributed by atoms with E-state index < -0.39 is 10.0 Å². The lowest BCUT2D eigenvalue weighted by atomic mass is 10.2. The van der Waals surface area contributed by atoms with Gasteiger partial charge in [-0.2, -0.15) is 0 Å². The molecule has 1 atom stereocenters. The number of rotatable bonds is 6. The van der Waals surface area contributed by atoms with Gasteiger partial charge < -0.3 is 14.2 Å². The number of benzene rings is 1. The molecule has 1 aliphatic rings. The van der Waals surface area contributed by atoms with E-state index >= 15 is 0 Å². The molecule has 1 fully saturated rings. The number of aryl methyl sites for hydroxylation is 1. The minimum absolute atomic E-state index is 0.0573. The normalized spacial score (nSPS) is 18.7. The van der Waals surface area contributed by atoms with Crippen LogP contribution in [0.2, 0.25) is 0 Å². The van der Waals surface area contributed by atoms with Crippen LogP contribution < -0.4 is 14.2 Å². The van der Waals surface area contributed by atoms with E-state index in [9.17, 15) is 8.42 Å². The van der Waals surface area contributed by atoms with Crippen LogP contribution in [0.5, 0.6) is 11.5 Å². The van der Waals surface area contributed by atoms with Gasteiger partial charge in [0.15, 0.2) is 0 Å². The Morgan fingerprint density at radius 3 is 2.57 bits per heavy atom. The molecule has 0 saturated carbocycles. The zero-order valence-electron chi connectivity index (χ0n) is 12.5. The van der Waals surface area contributed by atoms with Gasteiger partial charge >= 0.3 is 0 Å². The molecule has 0 amide bonds. The van der Waals surface area contributed by atoms with Gasteiger partial charge in [-0.25, -0.2) is 13.1 Å². The number of nitrogens with one attached hydrogen (secondary N) is 1. The monoisotopic (exact) mass is 315 g/mol. The first-order chi connectivity index (χ1) is 9.97. The fourth-order valence-electron chi connectivity index (χ4n) is 2.32. The van der Waals surface area contributed by atoms with Gasteiger partial charge in [-0.05, 0) is 31.4 Å². The Morgan fingerprint density at radius 1 is 1.29 bits per heavy atom. The SMILES string of the molecule is COc1cc(S(=O)(=O)NCC2CCCO2)c(OC)cc1C. The van der Waals surface area contributed by atoms with Gasteiger partial charge in [0.2, 0.25) is 10.0 Å². The zero-order valence-corrected chi connectivity index (χ0v) is 13.3. The Labute approximate surface area is 125 Å². The van der Waals surface area contributed by atoms with Crippen molar-refractivity contribution in [1.82, 2.24) is 4.72 Å². The minimum atomic E-state index is -3.67. The molecular formula is C14H21NO5S. The number of ether oxygens (including phenoxy) is 3. The third kappa shape index (κ3) is 3.66. The second-order valence-electron chi connectivity index (χ2n) is 4.96. The molecule has 2 rings (SSSR count). The number of hydrogen-bond acceptors (Lipinski definition) is 5. The maximum absolute atomic E-state index is 12.4. The maximum atomic E-state index is 12.4. The minimum Gasteiger partial charge on any atom is -0.496 e. The molecule has 0 radical (unpaired) electrons. The summed E-state index contributed by atoms with van der Waals surface area (Å²) in [7, 11) is -0.725. The molecule has 118 valence electrons. The molecule has 1 saturated heterocycles. The van der Waals surface area contributed by atoms with Crippen molar-refractivity contribution in [1.29, 1.82) is 0 Å². The summed E-state index contributed by atoms with van der Waals surface area (Å²) in [6.45, 7) is 2.79. The van der Waals surface area contributed by atoms with Crippen molar-refractivity contribution in [3.8, 4) is 11.5 Å². The highest BCUT2D eigenvalue weighted by Crippen LogP contribution is 2.31. The molecule has 6 nitrogen and oxygen atoms in total. The molecule has 21 heavy (non-hydrogen) atoms. The quantitative estimate of drug-likeness (QED) is 0.860. The van der Waals surface area contributed by atoms with Crippen molar-refractivity contribution in [3.05, 3.63) is 17.7 Å². The Morgan fingerprint density at radius 2 is 2.00 bits per heavy atom. The second-order valence-corrected chi connectivity index (χ2v) is 6.69. The highest BCUT2D eigenvalue weighted by atomic mass is 32.2. The molecule has 0 aliphatic carbocycles. The lowest BCUT2D eigenvalue weighted by Gasteiger charge is -2.15. The highest BCUT2D eigenvalue weighted by molar-refractivity contribution is 7.89. The van der Waals surface area contributed by atoms with Gasteiger partial charge in [-0.3, -0.25) is 0 Å². The molecule has 7 heteroatoms. The van der Waals surface area contributed by atoms with Crippen molar-refractivity contribution in [2.24, 2.45) is 0 Å². The summed E-state index contributed by atoms with van der Waals surface area (Å²) < 4.78 is 43.3. The smallest absolute Gasteiger partial charge is 0.244 e. The lowest BCUT2D eigenvalue weighted by molar-refractivity contribution is 0.114. The lowest BCUT2D eigenvalue weighted by Crippen LogP contribution is -2.32. The largest absolute Gasteiger partial charge is 0.496 e. The fraction of sp³-hybridized carbons (Fsp3) is 0.571. The summed E-state index contributed by atoms with van der Waals surface area (Å²) >= 11 is 0. The molecule has 0 spiro atoms. The summed E-state index contributed by atoms with van der Waals surface area (Å²) in [5.41, 5.74) is 0.812. The third-order valence-corrected chi connectivity index (χ3v) is 4.94. The average molecular weight is 315 g/mol. The topological polar surface area (TPSA) is 73.9 Å². The van der Waals surface area contributed by atoms with Crippen molar-refractivity contribution in [3.63, 3.8) is 0 Å². The summed E-state index contributed by atoms with van der Waals surface area (Å²) in [6, 6.07) is 3.13. The van der Waals surface area contributed by atoms with E-state index in [1.165, 1.54) is 20.3 Å². The molecule has 0 bridgehead atoms. The zero-order chi connectivity index (χ0) is 15.5. The van der Waals surface area contributed by atoms with Crippen LogP contribution >= 0.6 is 0 Å². The second kappa shape index (κ2) is 6.64. The van der Waals surface area contributed by atoms with E-state index in [1.54, 1.807) is 6.07 Å². The van der Waals surface area contributed by atoms with Gasteiger partial charge in [0.25, 0.3) is 0 Å². The fourth-order valence-corrected chi connectivity index (χ4v) is 3.55. The Balaban J connectivity index is 2.25. The van der Waals surface area contributed by atoms with Crippen LogP contribution in [0.1, 0.15) is 18.4 Å². The van der Waals surface area contributed by atoms with Crippen LogP contribution in [0.15, 0.2) is 17.0 Å². The maximum Gasteiger partial charge on any atom is 0.244 e. The first-order valence-corrected chi connectivity index (χ1v) is 8.30. The van der Waals surface area contributed by atoms with E-state index in [0.717, 1.165) is 18.4 Å². The summed E-state index contributed by atoms with van der Waals surface area (Å²) in [6.07, 6.45) is 1.78. The molecule has 1 unspecified atom stereocenters. The number of hydrogen-bond donors (Lipinski definition) is 1. The van der Waals surface area contributed by atoms with Crippen molar-refractivity contribution in [2.45, 2.75) is 30.8 Å². The predicted octanol–water partition coefficient (Wildman–Crippen LogP) is 1.47. The van der Waals surface area contributed by atoms with Crippen LogP contribution in [0.4, 0.5) is 0 Å². The van der Waals surface area contributed by atoms with Gasteiger partial charge in [0, 0.05) is 19.2 Å². The van der Waals surface area contributed by atoms with Crippen molar-refractivity contribution in [2.75, 3.05) is 27.4 Å². The number of sulfonamides is 1. The van der Waals surface area contributed by atoms with Crippen LogP contribution in [0.3, 0.4) is 0 Å². The Bertz CT molecular complexity index is 594. The van der Waals surface area contributed by atoms with Gasteiger partial charge in [-0.1, -0.05) is 0 Å². The molecule has 1 aromatic rings. The Hall–Kier alpha value is -1.31. The van der Waals surface area contributed by atoms with E-state index in [-0.39, 0.29) is 17.5 Å². The predicted molar refractivity (Wildman–Crippen MR) is 78.4 cm³/mol. The van der Waals surface area contributed by atoms with Crippen LogP contribution in [0.25, 0.3) is 0 Å². The summed E-state index contributed by atoms with van der Waals surface area (Å²) in [5, 5.41) is 0. The molecule has 1 aliphatic heterocycles. The van der Waals surface area contributed by atoms with Crippen molar-refractivity contribution < 1.29 is 22.6 Å². The van der Waals surface area contributed by atoms with E-state index in [4.69, 9.17) is 14.2 Å².